The van der Waals surface area contributed by atoms with Gasteiger partial charge in [0, 0.05) is 27.4 Å². The molecule has 0 saturated carbocycles. The maximum atomic E-state index is 14.5. The fourth-order valence-electron chi connectivity index (χ4n) is 4.55. The Bertz CT molecular complexity index is 1850. The average Bonchev–Trinajstić information content (AvgIpc) is 3.10. The van der Waals surface area contributed by atoms with Crippen LogP contribution in [0.5, 0.6) is 5.75 Å². The van der Waals surface area contributed by atoms with Crippen molar-refractivity contribution in [1.82, 2.24) is 5.32 Å². The molecule has 7 nitrogen and oxygen atoms in total. The predicted molar refractivity (Wildman–Crippen MR) is 185 cm³/mol. The van der Waals surface area contributed by atoms with Crippen LogP contribution in [0.3, 0.4) is 0 Å². The van der Waals surface area contributed by atoms with Gasteiger partial charge >= 0.3 is 0 Å². The molecule has 5 rings (SSSR count). The molecular formula is C38H32FN3O4S. The van der Waals surface area contributed by atoms with Crippen molar-refractivity contribution in [2.75, 3.05) is 17.2 Å². The Morgan fingerprint density at radius 3 is 2.00 bits per heavy atom. The molecule has 0 aliphatic rings. The predicted octanol–water partition coefficient (Wildman–Crippen LogP) is 8.11. The molecule has 0 bridgehead atoms. The molecule has 9 heteroatoms. The average molecular weight is 646 g/mol. The highest BCUT2D eigenvalue weighted by Crippen LogP contribution is 2.37. The number of nitrogens with one attached hydrogen (secondary N) is 3. The fraction of sp³-hybridized carbons (Fsp3) is 0.0789. The molecule has 0 heterocycles. The highest BCUT2D eigenvalue weighted by Gasteiger charge is 2.23. The van der Waals surface area contributed by atoms with Gasteiger partial charge in [-0.2, -0.15) is 0 Å². The number of carbonyl (C=O) groups excluding carboxylic acids is 3. The van der Waals surface area contributed by atoms with Crippen molar-refractivity contribution in [2.45, 2.75) is 17.1 Å². The summed E-state index contributed by atoms with van der Waals surface area (Å²) in [6.45, 7) is 2.46. The van der Waals surface area contributed by atoms with E-state index in [1.807, 2.05) is 37.3 Å². The fourth-order valence-corrected chi connectivity index (χ4v) is 5.58. The third-order valence-corrected chi connectivity index (χ3v) is 8.14. The van der Waals surface area contributed by atoms with Crippen molar-refractivity contribution in [3.05, 3.63) is 162 Å². The lowest BCUT2D eigenvalue weighted by Gasteiger charge is -2.18. The Hall–Kier alpha value is -5.67. The number of thioether (sulfide) groups is 1. The summed E-state index contributed by atoms with van der Waals surface area (Å²) in [5.74, 6) is -1.15. The molecule has 0 saturated heterocycles. The second-order valence-electron chi connectivity index (χ2n) is 10.2. The van der Waals surface area contributed by atoms with E-state index in [9.17, 15) is 18.8 Å². The van der Waals surface area contributed by atoms with Gasteiger partial charge in [-0.1, -0.05) is 66.7 Å². The second-order valence-corrected chi connectivity index (χ2v) is 11.4. The molecule has 5 aromatic rings. The second kappa shape index (κ2) is 16.1. The standard InChI is InChI=1S/C38H32FN3O4S/c1-2-46-31-21-17-29(18-22-31)41-38(45)35(26-11-5-3-6-12-26)47-32-23-19-30(20-24-32)40-37(44)34(25-28-15-9-10-16-33(28)39)42-36(43)27-13-7-4-8-14-27/h3-25,35H,2H2,1H3,(H,40,44)(H,41,45)(H,42,43)/b34-25-. The van der Waals surface area contributed by atoms with Gasteiger partial charge in [0.1, 0.15) is 22.5 Å². The highest BCUT2D eigenvalue weighted by molar-refractivity contribution is 8.00. The lowest BCUT2D eigenvalue weighted by Crippen LogP contribution is -2.30. The molecule has 5 aromatic carbocycles. The van der Waals surface area contributed by atoms with Crippen molar-refractivity contribution in [1.29, 1.82) is 0 Å². The molecule has 47 heavy (non-hydrogen) atoms. The number of amides is 3. The molecule has 0 spiro atoms. The van der Waals surface area contributed by atoms with E-state index < -0.39 is 22.9 Å². The van der Waals surface area contributed by atoms with Gasteiger partial charge in [-0.3, -0.25) is 14.4 Å². The van der Waals surface area contributed by atoms with Crippen LogP contribution in [0, 0.1) is 5.82 Å². The molecule has 1 atom stereocenters. The van der Waals surface area contributed by atoms with E-state index in [2.05, 4.69) is 16.0 Å². The zero-order valence-electron chi connectivity index (χ0n) is 25.5. The lowest BCUT2D eigenvalue weighted by atomic mass is 10.1. The number of carbonyl (C=O) groups is 3. The smallest absolute Gasteiger partial charge is 0.272 e. The summed E-state index contributed by atoms with van der Waals surface area (Å²) in [4.78, 5) is 40.6. The SMILES string of the molecule is CCOc1ccc(NC(=O)C(Sc2ccc(NC(=O)/C(=C/c3ccccc3F)NC(=O)c3ccccc3)cc2)c2ccccc2)cc1. The molecule has 0 aliphatic heterocycles. The van der Waals surface area contributed by atoms with Crippen LogP contribution in [0.15, 0.2) is 144 Å². The molecule has 0 radical (unpaired) electrons. The normalized spacial score (nSPS) is 11.7. The monoisotopic (exact) mass is 645 g/mol. The van der Waals surface area contributed by atoms with E-state index in [4.69, 9.17) is 4.74 Å². The van der Waals surface area contributed by atoms with Crippen molar-refractivity contribution in [2.24, 2.45) is 0 Å². The summed E-state index contributed by atoms with van der Waals surface area (Å²) in [7, 11) is 0. The van der Waals surface area contributed by atoms with Crippen LogP contribution in [0.1, 0.15) is 33.7 Å². The van der Waals surface area contributed by atoms with Crippen molar-refractivity contribution in [3.63, 3.8) is 0 Å². The van der Waals surface area contributed by atoms with E-state index in [1.165, 1.54) is 30.0 Å². The highest BCUT2D eigenvalue weighted by atomic mass is 32.2. The summed E-state index contributed by atoms with van der Waals surface area (Å²) >= 11 is 1.36. The van der Waals surface area contributed by atoms with Crippen LogP contribution in [0.2, 0.25) is 0 Å². The van der Waals surface area contributed by atoms with Crippen LogP contribution >= 0.6 is 11.8 Å². The van der Waals surface area contributed by atoms with Gasteiger partial charge in [-0.05, 0) is 85.3 Å². The number of rotatable bonds is 12. The summed E-state index contributed by atoms with van der Waals surface area (Å²) < 4.78 is 20.0. The van der Waals surface area contributed by atoms with E-state index in [0.717, 1.165) is 16.2 Å². The number of benzene rings is 5. The van der Waals surface area contributed by atoms with Crippen molar-refractivity contribution < 1.29 is 23.5 Å². The Labute approximate surface area is 276 Å². The van der Waals surface area contributed by atoms with Gasteiger partial charge in [0.05, 0.1) is 6.61 Å². The van der Waals surface area contributed by atoms with Gasteiger partial charge < -0.3 is 20.7 Å². The van der Waals surface area contributed by atoms with Crippen LogP contribution in [0.25, 0.3) is 6.08 Å². The third-order valence-electron chi connectivity index (χ3n) is 6.87. The quantitative estimate of drug-likeness (QED) is 0.0941. The topological polar surface area (TPSA) is 96.5 Å². The number of hydrogen-bond donors (Lipinski definition) is 3. The molecule has 1 unspecified atom stereocenters. The minimum Gasteiger partial charge on any atom is -0.494 e. The number of anilines is 2. The van der Waals surface area contributed by atoms with Crippen LogP contribution < -0.4 is 20.7 Å². The summed E-state index contributed by atoms with van der Waals surface area (Å²) in [5, 5.41) is 7.82. The molecule has 3 amide bonds. The maximum absolute atomic E-state index is 14.5. The summed E-state index contributed by atoms with van der Waals surface area (Å²) in [5.41, 5.74) is 2.29. The van der Waals surface area contributed by atoms with E-state index in [1.54, 1.807) is 91.0 Å². The van der Waals surface area contributed by atoms with Crippen LogP contribution in [-0.4, -0.2) is 24.3 Å². The van der Waals surface area contributed by atoms with Crippen molar-refractivity contribution in [3.8, 4) is 5.75 Å². The Morgan fingerprint density at radius 1 is 0.745 bits per heavy atom. The zero-order chi connectivity index (χ0) is 33.0. The van der Waals surface area contributed by atoms with Crippen molar-refractivity contribution >= 4 is 46.9 Å². The first-order valence-electron chi connectivity index (χ1n) is 14.9. The maximum Gasteiger partial charge on any atom is 0.272 e. The minimum absolute atomic E-state index is 0.127. The molecule has 236 valence electrons. The summed E-state index contributed by atoms with van der Waals surface area (Å²) in [6, 6.07) is 38.1. The van der Waals surface area contributed by atoms with Gasteiger partial charge in [-0.25, -0.2) is 4.39 Å². The van der Waals surface area contributed by atoms with Gasteiger partial charge in [-0.15, -0.1) is 11.8 Å². The number of hydrogen-bond acceptors (Lipinski definition) is 5. The largest absolute Gasteiger partial charge is 0.494 e. The molecule has 3 N–H and O–H groups in total. The van der Waals surface area contributed by atoms with Crippen LogP contribution in [0.4, 0.5) is 15.8 Å². The Balaban J connectivity index is 1.31. The molecule has 0 fully saturated rings. The third kappa shape index (κ3) is 9.18. The summed E-state index contributed by atoms with van der Waals surface area (Å²) in [6.07, 6.45) is 1.29. The Morgan fingerprint density at radius 2 is 1.34 bits per heavy atom. The first-order chi connectivity index (χ1) is 22.9. The molecule has 0 aromatic heterocycles. The minimum atomic E-state index is -0.630. The van der Waals surface area contributed by atoms with Crippen LogP contribution in [-0.2, 0) is 9.59 Å². The molecular weight excluding hydrogens is 614 g/mol. The van der Waals surface area contributed by atoms with E-state index >= 15 is 0 Å². The van der Waals surface area contributed by atoms with Gasteiger partial charge in [0.2, 0.25) is 5.91 Å². The van der Waals surface area contributed by atoms with Gasteiger partial charge in [0.25, 0.3) is 11.8 Å². The van der Waals surface area contributed by atoms with E-state index in [0.29, 0.717) is 23.5 Å². The number of ether oxygens (including phenoxy) is 1. The lowest BCUT2D eigenvalue weighted by molar-refractivity contribution is -0.116. The first kappa shape index (κ1) is 32.7. The van der Waals surface area contributed by atoms with E-state index in [-0.39, 0.29) is 17.2 Å². The first-order valence-corrected chi connectivity index (χ1v) is 15.8. The number of halogens is 1. The molecule has 0 aliphatic carbocycles. The Kier molecular flexibility index (Phi) is 11.2. The zero-order valence-corrected chi connectivity index (χ0v) is 26.3. The van der Waals surface area contributed by atoms with Gasteiger partial charge in [0.15, 0.2) is 0 Å².